The van der Waals surface area contributed by atoms with Gasteiger partial charge in [0.15, 0.2) is 0 Å². The summed E-state index contributed by atoms with van der Waals surface area (Å²) in [6, 6.07) is 4.56. The molecule has 1 rings (SSSR count). The molecule has 0 saturated heterocycles. The summed E-state index contributed by atoms with van der Waals surface area (Å²) in [5.41, 5.74) is 5.65. The molecule has 0 radical (unpaired) electrons. The minimum absolute atomic E-state index is 0.466. The maximum Gasteiger partial charge on any atom is 0.0428 e. The Hall–Kier alpha value is -0.300. The summed E-state index contributed by atoms with van der Waals surface area (Å²) < 4.78 is 0. The van der Waals surface area contributed by atoms with Gasteiger partial charge in [-0.1, -0.05) is 54.4 Å². The lowest BCUT2D eigenvalue weighted by molar-refractivity contribution is 0.413. The van der Waals surface area contributed by atoms with Gasteiger partial charge in [0.05, 0.1) is 0 Å². The Morgan fingerprint density at radius 2 is 1.38 bits per heavy atom. The molecule has 0 aromatic heterocycles. The van der Waals surface area contributed by atoms with Crippen molar-refractivity contribution >= 4 is 15.9 Å². The number of rotatable bonds is 3. The van der Waals surface area contributed by atoms with Crippen molar-refractivity contribution in [3.63, 3.8) is 0 Å². The molecule has 0 saturated carbocycles. The van der Waals surface area contributed by atoms with Crippen LogP contribution in [0.3, 0.4) is 0 Å². The van der Waals surface area contributed by atoms with E-state index >= 15 is 0 Å². The van der Waals surface area contributed by atoms with Gasteiger partial charge >= 0.3 is 0 Å². The highest BCUT2D eigenvalue weighted by Crippen LogP contribution is 2.38. The number of alkyl halides is 1. The highest BCUT2D eigenvalue weighted by Gasteiger charge is 2.22. The third-order valence-corrected chi connectivity index (χ3v) is 4.82. The van der Waals surface area contributed by atoms with Gasteiger partial charge in [-0.25, -0.2) is 0 Å². The predicted molar refractivity (Wildman–Crippen MR) is 76.3 cm³/mol. The predicted octanol–water partition coefficient (Wildman–Crippen LogP) is 5.34. The van der Waals surface area contributed by atoms with Crippen molar-refractivity contribution in [3.8, 4) is 0 Å². The Labute approximate surface area is 109 Å². The molecule has 16 heavy (non-hydrogen) atoms. The molecule has 0 amide bonds. The average molecular weight is 283 g/mol. The van der Waals surface area contributed by atoms with Crippen molar-refractivity contribution in [2.24, 2.45) is 11.8 Å². The zero-order valence-corrected chi connectivity index (χ0v) is 12.9. The van der Waals surface area contributed by atoms with Crippen LogP contribution in [-0.4, -0.2) is 0 Å². The van der Waals surface area contributed by atoms with E-state index in [1.54, 1.807) is 0 Å². The first-order valence-corrected chi connectivity index (χ1v) is 6.98. The lowest BCUT2D eigenvalue weighted by Gasteiger charge is -2.25. The molecule has 90 valence electrons. The number of hydrogen-bond acceptors (Lipinski definition) is 0. The van der Waals surface area contributed by atoms with Gasteiger partial charge < -0.3 is 0 Å². The molecule has 0 aliphatic rings. The average Bonchev–Trinajstić information content (AvgIpc) is 2.14. The Balaban J connectivity index is 3.13. The SMILES string of the molecule is Cc1cc(C)c(C(Br)C(C)C(C)C)c(C)c1. The lowest BCUT2D eigenvalue weighted by atomic mass is 9.86. The van der Waals surface area contributed by atoms with Crippen molar-refractivity contribution < 1.29 is 0 Å². The van der Waals surface area contributed by atoms with E-state index in [1.165, 1.54) is 22.3 Å². The Morgan fingerprint density at radius 1 is 0.938 bits per heavy atom. The lowest BCUT2D eigenvalue weighted by Crippen LogP contribution is -2.12. The van der Waals surface area contributed by atoms with Gasteiger partial charge in [-0.15, -0.1) is 0 Å². The molecule has 2 atom stereocenters. The van der Waals surface area contributed by atoms with E-state index < -0.39 is 0 Å². The van der Waals surface area contributed by atoms with Gasteiger partial charge in [0.2, 0.25) is 0 Å². The summed E-state index contributed by atoms with van der Waals surface area (Å²) in [6.07, 6.45) is 0. The molecule has 2 unspecified atom stereocenters. The van der Waals surface area contributed by atoms with E-state index in [4.69, 9.17) is 0 Å². The van der Waals surface area contributed by atoms with Crippen LogP contribution in [-0.2, 0) is 0 Å². The first kappa shape index (κ1) is 13.8. The fourth-order valence-electron chi connectivity index (χ4n) is 2.23. The number of hydrogen-bond donors (Lipinski definition) is 0. The van der Waals surface area contributed by atoms with E-state index in [0.717, 1.165) is 0 Å². The van der Waals surface area contributed by atoms with Crippen molar-refractivity contribution in [1.82, 2.24) is 0 Å². The maximum atomic E-state index is 3.88. The van der Waals surface area contributed by atoms with Crippen LogP contribution in [0.2, 0.25) is 0 Å². The van der Waals surface area contributed by atoms with E-state index in [2.05, 4.69) is 69.6 Å². The quantitative estimate of drug-likeness (QED) is 0.657. The molecule has 1 aromatic carbocycles. The van der Waals surface area contributed by atoms with Crippen molar-refractivity contribution in [1.29, 1.82) is 0 Å². The van der Waals surface area contributed by atoms with Gasteiger partial charge in [-0.2, -0.15) is 0 Å². The molecule has 0 fully saturated rings. The zero-order chi connectivity index (χ0) is 12.5. The minimum Gasteiger partial charge on any atom is -0.0836 e. The molecule has 0 bridgehead atoms. The first-order valence-electron chi connectivity index (χ1n) is 6.06. The van der Waals surface area contributed by atoms with Crippen LogP contribution in [0.4, 0.5) is 0 Å². The summed E-state index contributed by atoms with van der Waals surface area (Å²) in [7, 11) is 0. The van der Waals surface area contributed by atoms with Crippen LogP contribution in [0, 0.1) is 32.6 Å². The molecular weight excluding hydrogens is 260 g/mol. The van der Waals surface area contributed by atoms with Crippen molar-refractivity contribution in [3.05, 3.63) is 34.4 Å². The van der Waals surface area contributed by atoms with E-state index in [-0.39, 0.29) is 0 Å². The largest absolute Gasteiger partial charge is 0.0836 e. The highest BCUT2D eigenvalue weighted by atomic mass is 79.9. The van der Waals surface area contributed by atoms with Gasteiger partial charge in [0.1, 0.15) is 0 Å². The molecule has 1 aromatic rings. The van der Waals surface area contributed by atoms with Gasteiger partial charge in [-0.3, -0.25) is 0 Å². The number of benzene rings is 1. The fraction of sp³-hybridized carbons (Fsp3) is 0.600. The van der Waals surface area contributed by atoms with Crippen LogP contribution in [0.1, 0.15) is 47.9 Å². The van der Waals surface area contributed by atoms with Crippen LogP contribution in [0.5, 0.6) is 0 Å². The second-order valence-electron chi connectivity index (χ2n) is 5.32. The van der Waals surface area contributed by atoms with Gasteiger partial charge in [0, 0.05) is 4.83 Å². The Kier molecular flexibility index (Phi) is 4.61. The van der Waals surface area contributed by atoms with E-state index in [0.29, 0.717) is 16.7 Å². The summed E-state index contributed by atoms with van der Waals surface area (Å²) in [4.78, 5) is 0.466. The Bertz CT molecular complexity index is 343. The number of halogens is 1. The summed E-state index contributed by atoms with van der Waals surface area (Å²) in [5, 5.41) is 0. The summed E-state index contributed by atoms with van der Waals surface area (Å²) in [6.45, 7) is 13.5. The minimum atomic E-state index is 0.466. The maximum absolute atomic E-state index is 3.88. The second-order valence-corrected chi connectivity index (χ2v) is 6.30. The Morgan fingerprint density at radius 3 is 1.75 bits per heavy atom. The van der Waals surface area contributed by atoms with Crippen LogP contribution in [0.15, 0.2) is 12.1 Å². The van der Waals surface area contributed by atoms with E-state index in [1.807, 2.05) is 0 Å². The third-order valence-electron chi connectivity index (χ3n) is 3.53. The molecule has 1 heteroatoms. The zero-order valence-electron chi connectivity index (χ0n) is 11.3. The molecule has 0 nitrogen and oxygen atoms in total. The highest BCUT2D eigenvalue weighted by molar-refractivity contribution is 9.09. The first-order chi connectivity index (χ1) is 7.34. The van der Waals surface area contributed by atoms with Crippen LogP contribution < -0.4 is 0 Å². The standard InChI is InChI=1S/C15H23Br/c1-9(2)13(6)15(16)14-11(4)7-10(3)8-12(14)5/h7-9,13,15H,1-6H3. The molecule has 0 N–H and O–H groups in total. The molecule has 0 spiro atoms. The van der Waals surface area contributed by atoms with Gasteiger partial charge in [-0.05, 0) is 49.3 Å². The molecular formula is C15H23Br. The summed E-state index contributed by atoms with van der Waals surface area (Å²) >= 11 is 3.88. The summed E-state index contributed by atoms with van der Waals surface area (Å²) in [5.74, 6) is 1.35. The van der Waals surface area contributed by atoms with Crippen LogP contribution in [0.25, 0.3) is 0 Å². The third kappa shape index (κ3) is 2.88. The molecule has 0 aliphatic carbocycles. The van der Waals surface area contributed by atoms with Crippen molar-refractivity contribution in [2.45, 2.75) is 46.4 Å². The monoisotopic (exact) mass is 282 g/mol. The fourth-order valence-corrected chi connectivity index (χ4v) is 3.56. The van der Waals surface area contributed by atoms with Crippen LogP contribution >= 0.6 is 15.9 Å². The normalized spacial score (nSPS) is 15.2. The molecule has 0 heterocycles. The second kappa shape index (κ2) is 5.35. The number of aryl methyl sites for hydroxylation is 3. The molecule has 0 aliphatic heterocycles. The topological polar surface area (TPSA) is 0 Å². The van der Waals surface area contributed by atoms with E-state index in [9.17, 15) is 0 Å². The van der Waals surface area contributed by atoms with Gasteiger partial charge in [0.25, 0.3) is 0 Å². The smallest absolute Gasteiger partial charge is 0.0428 e. The van der Waals surface area contributed by atoms with Crippen molar-refractivity contribution in [2.75, 3.05) is 0 Å².